The third-order valence-electron chi connectivity index (χ3n) is 3.72. The molecule has 0 radical (unpaired) electrons. The lowest BCUT2D eigenvalue weighted by Crippen LogP contribution is -1.99. The van der Waals surface area contributed by atoms with Gasteiger partial charge >= 0.3 is 0 Å². The first kappa shape index (κ1) is 10.6. The molecule has 2 heteroatoms. The van der Waals surface area contributed by atoms with E-state index in [1.165, 1.54) is 16.3 Å². The SMILES string of the molecule is C[N+]1=CC(c2cccc3c2oc2ccccc23)C=C1. The van der Waals surface area contributed by atoms with Gasteiger partial charge in [0.1, 0.15) is 18.2 Å². The van der Waals surface area contributed by atoms with Crippen LogP contribution in [-0.2, 0) is 0 Å². The van der Waals surface area contributed by atoms with Crippen LogP contribution in [0.5, 0.6) is 0 Å². The second-order valence-corrected chi connectivity index (χ2v) is 5.00. The van der Waals surface area contributed by atoms with Gasteiger partial charge < -0.3 is 4.42 Å². The molecule has 0 saturated heterocycles. The highest BCUT2D eigenvalue weighted by Gasteiger charge is 2.20. The molecule has 0 bridgehead atoms. The van der Waals surface area contributed by atoms with Crippen LogP contribution in [0.15, 0.2) is 59.2 Å². The fourth-order valence-electron chi connectivity index (χ4n) is 2.80. The fourth-order valence-corrected chi connectivity index (χ4v) is 2.80. The van der Waals surface area contributed by atoms with Crippen molar-refractivity contribution in [2.24, 2.45) is 0 Å². The van der Waals surface area contributed by atoms with Gasteiger partial charge in [0.25, 0.3) is 0 Å². The Morgan fingerprint density at radius 3 is 2.68 bits per heavy atom. The predicted molar refractivity (Wildman–Crippen MR) is 77.8 cm³/mol. The van der Waals surface area contributed by atoms with Crippen LogP contribution in [0.3, 0.4) is 0 Å². The Bertz CT molecular complexity index is 839. The van der Waals surface area contributed by atoms with E-state index >= 15 is 0 Å². The lowest BCUT2D eigenvalue weighted by molar-refractivity contribution is -0.414. The molecule has 92 valence electrons. The fraction of sp³-hybridized carbons (Fsp3) is 0.118. The Morgan fingerprint density at radius 1 is 1.00 bits per heavy atom. The van der Waals surface area contributed by atoms with Gasteiger partial charge in [0, 0.05) is 16.3 Å². The smallest absolute Gasteiger partial charge is 0.165 e. The van der Waals surface area contributed by atoms with Crippen LogP contribution < -0.4 is 0 Å². The molecule has 2 heterocycles. The zero-order valence-corrected chi connectivity index (χ0v) is 10.7. The Morgan fingerprint density at radius 2 is 1.84 bits per heavy atom. The predicted octanol–water partition coefficient (Wildman–Crippen LogP) is 3.91. The molecule has 0 saturated carbocycles. The number of rotatable bonds is 1. The summed E-state index contributed by atoms with van der Waals surface area (Å²) in [6.45, 7) is 0. The summed E-state index contributed by atoms with van der Waals surface area (Å²) in [4.78, 5) is 0. The highest BCUT2D eigenvalue weighted by Crippen LogP contribution is 2.34. The van der Waals surface area contributed by atoms with E-state index in [2.05, 4.69) is 60.4 Å². The third-order valence-corrected chi connectivity index (χ3v) is 3.72. The van der Waals surface area contributed by atoms with E-state index in [9.17, 15) is 0 Å². The molecule has 1 atom stereocenters. The Kier molecular flexibility index (Phi) is 2.12. The molecule has 1 unspecified atom stereocenters. The number of fused-ring (bicyclic) bond motifs is 3. The van der Waals surface area contributed by atoms with Gasteiger partial charge in [-0.1, -0.05) is 36.4 Å². The maximum atomic E-state index is 6.06. The number of nitrogens with zero attached hydrogens (tertiary/aromatic N) is 1. The number of hydrogen-bond acceptors (Lipinski definition) is 1. The first-order chi connectivity index (χ1) is 9.33. The summed E-state index contributed by atoms with van der Waals surface area (Å²) in [7, 11) is 2.05. The van der Waals surface area contributed by atoms with Gasteiger partial charge in [0.15, 0.2) is 12.4 Å². The molecular weight excluding hydrogens is 234 g/mol. The summed E-state index contributed by atoms with van der Waals surface area (Å²) in [5.41, 5.74) is 3.19. The third kappa shape index (κ3) is 1.53. The largest absolute Gasteiger partial charge is 0.456 e. The average molecular weight is 248 g/mol. The minimum Gasteiger partial charge on any atom is -0.456 e. The van der Waals surface area contributed by atoms with E-state index in [4.69, 9.17) is 4.42 Å². The lowest BCUT2D eigenvalue weighted by atomic mass is 9.98. The summed E-state index contributed by atoms with van der Waals surface area (Å²) in [5.74, 6) is 0.300. The monoisotopic (exact) mass is 248 g/mol. The summed E-state index contributed by atoms with van der Waals surface area (Å²) in [6.07, 6.45) is 6.48. The number of allylic oxidation sites excluding steroid dienone is 1. The molecule has 0 N–H and O–H groups in total. The molecule has 2 aromatic carbocycles. The number of furan rings is 1. The van der Waals surface area contributed by atoms with Crippen LogP contribution in [0.1, 0.15) is 11.5 Å². The van der Waals surface area contributed by atoms with E-state index in [1.807, 2.05) is 12.1 Å². The molecule has 0 amide bonds. The van der Waals surface area contributed by atoms with E-state index in [1.54, 1.807) is 0 Å². The maximum Gasteiger partial charge on any atom is 0.165 e. The first-order valence-corrected chi connectivity index (χ1v) is 6.48. The second-order valence-electron chi connectivity index (χ2n) is 5.00. The minimum atomic E-state index is 0.300. The molecule has 19 heavy (non-hydrogen) atoms. The van der Waals surface area contributed by atoms with E-state index in [0.717, 1.165) is 11.2 Å². The number of hydrogen-bond donors (Lipinski definition) is 0. The van der Waals surface area contributed by atoms with E-state index in [0.29, 0.717) is 5.92 Å². The van der Waals surface area contributed by atoms with Crippen molar-refractivity contribution in [2.45, 2.75) is 5.92 Å². The maximum absolute atomic E-state index is 6.06. The topological polar surface area (TPSA) is 16.1 Å². The van der Waals surface area contributed by atoms with E-state index < -0.39 is 0 Å². The van der Waals surface area contributed by atoms with Gasteiger partial charge in [0.2, 0.25) is 0 Å². The first-order valence-electron chi connectivity index (χ1n) is 6.48. The van der Waals surface area contributed by atoms with Crippen molar-refractivity contribution in [3.05, 3.63) is 60.3 Å². The molecule has 1 aliphatic rings. The summed E-state index contributed by atoms with van der Waals surface area (Å²) in [5, 5.41) is 2.39. The number of para-hydroxylation sites is 2. The number of benzene rings is 2. The Hall–Kier alpha value is -2.35. The standard InChI is InChI=1S/C17H14NO/c1-18-10-9-12(11-18)13-6-4-7-15-14-5-2-3-8-16(14)19-17(13)15/h2-12H,1H3/q+1. The van der Waals surface area contributed by atoms with Gasteiger partial charge in [-0.2, -0.15) is 0 Å². The van der Waals surface area contributed by atoms with Crippen LogP contribution in [0.2, 0.25) is 0 Å². The molecular formula is C17H14NO+. The zero-order valence-electron chi connectivity index (χ0n) is 10.7. The van der Waals surface area contributed by atoms with Crippen LogP contribution in [0.25, 0.3) is 21.9 Å². The highest BCUT2D eigenvalue weighted by atomic mass is 16.3. The molecule has 0 spiro atoms. The Labute approximate surface area is 111 Å². The molecule has 0 aliphatic carbocycles. The van der Waals surface area contributed by atoms with Crippen molar-refractivity contribution in [3.63, 3.8) is 0 Å². The molecule has 0 fully saturated rings. The minimum absolute atomic E-state index is 0.300. The van der Waals surface area contributed by atoms with Crippen LogP contribution in [0, 0.1) is 0 Å². The summed E-state index contributed by atoms with van der Waals surface area (Å²) >= 11 is 0. The van der Waals surface area contributed by atoms with Crippen LogP contribution >= 0.6 is 0 Å². The van der Waals surface area contributed by atoms with Crippen molar-refractivity contribution in [3.8, 4) is 0 Å². The van der Waals surface area contributed by atoms with Gasteiger partial charge in [0.05, 0.1) is 5.92 Å². The van der Waals surface area contributed by atoms with E-state index in [-0.39, 0.29) is 0 Å². The second kappa shape index (κ2) is 3.82. The molecule has 2 nitrogen and oxygen atoms in total. The van der Waals surface area contributed by atoms with Crippen LogP contribution in [-0.4, -0.2) is 17.8 Å². The average Bonchev–Trinajstić information content (AvgIpc) is 3.02. The van der Waals surface area contributed by atoms with Gasteiger partial charge in [-0.3, -0.25) is 0 Å². The van der Waals surface area contributed by atoms with Crippen molar-refractivity contribution < 1.29 is 8.99 Å². The summed E-state index contributed by atoms with van der Waals surface area (Å²) < 4.78 is 8.15. The highest BCUT2D eigenvalue weighted by molar-refractivity contribution is 6.06. The Balaban J connectivity index is 2.04. The van der Waals surface area contributed by atoms with Gasteiger partial charge in [-0.25, -0.2) is 4.58 Å². The normalized spacial score (nSPS) is 18.4. The lowest BCUT2D eigenvalue weighted by Gasteiger charge is -2.02. The molecule has 1 aliphatic heterocycles. The van der Waals surface area contributed by atoms with Crippen LogP contribution in [0.4, 0.5) is 0 Å². The molecule has 1 aromatic heterocycles. The van der Waals surface area contributed by atoms with Crippen molar-refractivity contribution in [2.75, 3.05) is 7.05 Å². The quantitative estimate of drug-likeness (QED) is 0.596. The van der Waals surface area contributed by atoms with Gasteiger partial charge in [-0.05, 0) is 12.1 Å². The molecule has 3 aromatic rings. The zero-order chi connectivity index (χ0) is 12.8. The molecule has 4 rings (SSSR count). The summed E-state index contributed by atoms with van der Waals surface area (Å²) in [6, 6.07) is 14.6. The van der Waals surface area contributed by atoms with Gasteiger partial charge in [-0.15, -0.1) is 0 Å². The van der Waals surface area contributed by atoms with Crippen molar-refractivity contribution in [1.29, 1.82) is 0 Å². The van der Waals surface area contributed by atoms with Crippen molar-refractivity contribution >= 4 is 28.2 Å². The van der Waals surface area contributed by atoms with Crippen molar-refractivity contribution in [1.82, 2.24) is 0 Å².